The van der Waals surface area contributed by atoms with E-state index < -0.39 is 5.41 Å². The normalized spacial score (nSPS) is 26.4. The van der Waals surface area contributed by atoms with Crippen molar-refractivity contribution < 1.29 is 14.0 Å². The van der Waals surface area contributed by atoms with E-state index in [-0.39, 0.29) is 17.2 Å². The highest BCUT2D eigenvalue weighted by molar-refractivity contribution is 5.91. The van der Waals surface area contributed by atoms with Gasteiger partial charge in [0.2, 0.25) is 11.8 Å². The van der Waals surface area contributed by atoms with E-state index >= 15 is 0 Å². The highest BCUT2D eigenvalue weighted by atomic mass is 16.3. The van der Waals surface area contributed by atoms with Crippen LogP contribution in [0.5, 0.6) is 0 Å². The first-order valence-corrected chi connectivity index (χ1v) is 11.1. The summed E-state index contributed by atoms with van der Waals surface area (Å²) in [7, 11) is 0. The van der Waals surface area contributed by atoms with E-state index in [4.69, 9.17) is 4.42 Å². The Morgan fingerprint density at radius 2 is 2.13 bits per heavy atom. The summed E-state index contributed by atoms with van der Waals surface area (Å²) in [6.07, 6.45) is 11.5. The van der Waals surface area contributed by atoms with Gasteiger partial charge in [-0.3, -0.25) is 14.6 Å². The Morgan fingerprint density at radius 3 is 2.87 bits per heavy atom. The molecule has 0 radical (unpaired) electrons. The smallest absolute Gasteiger partial charge is 0.234 e. The van der Waals surface area contributed by atoms with Crippen molar-refractivity contribution in [2.75, 3.05) is 19.6 Å². The molecule has 2 aromatic rings. The number of nitrogens with one attached hydrogen (secondary N) is 1. The van der Waals surface area contributed by atoms with Gasteiger partial charge >= 0.3 is 0 Å². The van der Waals surface area contributed by atoms with Crippen LogP contribution < -0.4 is 5.32 Å². The van der Waals surface area contributed by atoms with Crippen LogP contribution >= 0.6 is 0 Å². The zero-order valence-corrected chi connectivity index (χ0v) is 17.3. The fraction of sp³-hybridized carbons (Fsp3) is 0.542. The van der Waals surface area contributed by atoms with E-state index in [1.807, 2.05) is 24.3 Å². The molecule has 3 heterocycles. The standard InChI is InChI=1S/C24H29N3O3/c28-21(7-6-18-8-13-30-15-18)26-16-23-9-3-4-19(23)14-27(17-23)22(29)24(10-11-24)20-5-1-2-12-25-20/h1-2,5,8,12-13,15,19H,3-4,6-7,9-11,14,16-17H2,(H,26,28)/t19-,23-/m0/s1. The largest absolute Gasteiger partial charge is 0.472 e. The third-order valence-corrected chi connectivity index (χ3v) is 7.50. The predicted molar refractivity (Wildman–Crippen MR) is 112 cm³/mol. The average molecular weight is 408 g/mol. The lowest BCUT2D eigenvalue weighted by Gasteiger charge is -2.30. The lowest BCUT2D eigenvalue weighted by molar-refractivity contribution is -0.133. The summed E-state index contributed by atoms with van der Waals surface area (Å²) in [6, 6.07) is 7.75. The Hall–Kier alpha value is -2.63. The molecule has 6 heteroatoms. The van der Waals surface area contributed by atoms with Crippen LogP contribution in [-0.2, 0) is 21.4 Å². The second kappa shape index (κ2) is 7.56. The van der Waals surface area contributed by atoms with Gasteiger partial charge in [-0.15, -0.1) is 0 Å². The number of furan rings is 1. The Bertz CT molecular complexity index is 907. The van der Waals surface area contributed by atoms with Crippen molar-refractivity contribution in [1.82, 2.24) is 15.2 Å². The molecular weight excluding hydrogens is 378 g/mol. The molecule has 2 saturated carbocycles. The molecule has 2 aromatic heterocycles. The van der Waals surface area contributed by atoms with E-state index in [0.29, 0.717) is 25.3 Å². The van der Waals surface area contributed by atoms with Crippen LogP contribution in [0.4, 0.5) is 0 Å². The molecule has 3 aliphatic rings. The minimum Gasteiger partial charge on any atom is -0.472 e. The number of likely N-dealkylation sites (tertiary alicyclic amines) is 1. The van der Waals surface area contributed by atoms with Crippen molar-refractivity contribution in [3.8, 4) is 0 Å². The van der Waals surface area contributed by atoms with Crippen LogP contribution in [0.2, 0.25) is 0 Å². The molecule has 0 bridgehead atoms. The Balaban J connectivity index is 1.22. The van der Waals surface area contributed by atoms with Gasteiger partial charge in [0, 0.05) is 37.7 Å². The fourth-order valence-electron chi connectivity index (χ4n) is 5.57. The molecule has 1 saturated heterocycles. The fourth-order valence-corrected chi connectivity index (χ4v) is 5.57. The van der Waals surface area contributed by atoms with Crippen molar-refractivity contribution >= 4 is 11.8 Å². The van der Waals surface area contributed by atoms with Gasteiger partial charge in [-0.1, -0.05) is 12.5 Å². The molecule has 5 rings (SSSR count). The molecule has 0 unspecified atom stereocenters. The molecule has 30 heavy (non-hydrogen) atoms. The van der Waals surface area contributed by atoms with Crippen LogP contribution in [0.25, 0.3) is 0 Å². The van der Waals surface area contributed by atoms with Crippen molar-refractivity contribution in [2.24, 2.45) is 11.3 Å². The SMILES string of the molecule is O=C(CCc1ccoc1)NC[C@]12CCC[C@H]1CN(C(=O)C1(c3ccccn3)CC1)C2. The average Bonchev–Trinajstić information content (AvgIpc) is 3.09. The molecule has 2 amide bonds. The summed E-state index contributed by atoms with van der Waals surface area (Å²) < 4.78 is 5.07. The maximum absolute atomic E-state index is 13.5. The minimum absolute atomic E-state index is 0.0289. The Kier molecular flexibility index (Phi) is 4.88. The third kappa shape index (κ3) is 3.42. The second-order valence-corrected chi connectivity index (χ2v) is 9.34. The number of rotatable bonds is 7. The quantitative estimate of drug-likeness (QED) is 0.765. The first kappa shape index (κ1) is 19.3. The number of aromatic nitrogens is 1. The molecular formula is C24H29N3O3. The van der Waals surface area contributed by atoms with Crippen molar-refractivity contribution in [3.63, 3.8) is 0 Å². The minimum atomic E-state index is -0.408. The predicted octanol–water partition coefficient (Wildman–Crippen LogP) is 3.08. The maximum Gasteiger partial charge on any atom is 0.234 e. The third-order valence-electron chi connectivity index (χ3n) is 7.50. The number of hydrogen-bond donors (Lipinski definition) is 1. The zero-order chi connectivity index (χ0) is 20.6. The number of fused-ring (bicyclic) bond motifs is 1. The number of carbonyl (C=O) groups excluding carboxylic acids is 2. The van der Waals surface area contributed by atoms with Gasteiger partial charge in [-0.25, -0.2) is 0 Å². The van der Waals surface area contributed by atoms with Gasteiger partial charge < -0.3 is 14.6 Å². The summed E-state index contributed by atoms with van der Waals surface area (Å²) in [4.78, 5) is 32.4. The van der Waals surface area contributed by atoms with Gasteiger partial charge in [-0.2, -0.15) is 0 Å². The number of pyridine rings is 1. The Morgan fingerprint density at radius 1 is 1.23 bits per heavy atom. The van der Waals surface area contributed by atoms with Crippen LogP contribution in [0, 0.1) is 11.3 Å². The summed E-state index contributed by atoms with van der Waals surface area (Å²) in [5.41, 5.74) is 1.58. The molecule has 1 N–H and O–H groups in total. The van der Waals surface area contributed by atoms with Gasteiger partial charge in [0.15, 0.2) is 0 Å². The zero-order valence-electron chi connectivity index (χ0n) is 17.3. The van der Waals surface area contributed by atoms with Crippen LogP contribution in [0.15, 0.2) is 47.4 Å². The number of aryl methyl sites for hydroxylation is 1. The summed E-state index contributed by atoms with van der Waals surface area (Å²) >= 11 is 0. The molecule has 1 aliphatic heterocycles. The van der Waals surface area contributed by atoms with Gasteiger partial charge in [0.25, 0.3) is 0 Å². The number of nitrogens with zero attached hydrogens (tertiary/aromatic N) is 2. The number of amides is 2. The molecule has 0 spiro atoms. The topological polar surface area (TPSA) is 75.4 Å². The van der Waals surface area contributed by atoms with E-state index in [1.54, 1.807) is 18.7 Å². The van der Waals surface area contributed by atoms with Crippen LogP contribution in [0.1, 0.15) is 49.8 Å². The maximum atomic E-state index is 13.5. The molecule has 2 atom stereocenters. The van der Waals surface area contributed by atoms with Gasteiger partial charge in [-0.05, 0) is 61.8 Å². The van der Waals surface area contributed by atoms with Gasteiger partial charge in [0.1, 0.15) is 0 Å². The second-order valence-electron chi connectivity index (χ2n) is 9.34. The van der Waals surface area contributed by atoms with E-state index in [2.05, 4.69) is 15.2 Å². The Labute approximate surface area is 177 Å². The van der Waals surface area contributed by atoms with Crippen molar-refractivity contribution in [3.05, 3.63) is 54.2 Å². The lowest BCUT2D eigenvalue weighted by atomic mass is 9.80. The first-order valence-electron chi connectivity index (χ1n) is 11.1. The lowest BCUT2D eigenvalue weighted by Crippen LogP contribution is -2.43. The first-order chi connectivity index (χ1) is 14.6. The monoisotopic (exact) mass is 407 g/mol. The summed E-state index contributed by atoms with van der Waals surface area (Å²) in [6.45, 7) is 2.24. The highest BCUT2D eigenvalue weighted by Gasteiger charge is 2.58. The van der Waals surface area contributed by atoms with E-state index in [9.17, 15) is 9.59 Å². The van der Waals surface area contributed by atoms with Crippen molar-refractivity contribution in [1.29, 1.82) is 0 Å². The van der Waals surface area contributed by atoms with Crippen LogP contribution in [0.3, 0.4) is 0 Å². The highest BCUT2D eigenvalue weighted by Crippen LogP contribution is 2.53. The summed E-state index contributed by atoms with van der Waals surface area (Å²) in [5, 5.41) is 3.17. The molecule has 158 valence electrons. The van der Waals surface area contributed by atoms with E-state index in [1.165, 1.54) is 6.42 Å². The summed E-state index contributed by atoms with van der Waals surface area (Å²) in [5.74, 6) is 0.796. The molecule has 6 nitrogen and oxygen atoms in total. The number of hydrogen-bond acceptors (Lipinski definition) is 4. The molecule has 0 aromatic carbocycles. The van der Waals surface area contributed by atoms with E-state index in [0.717, 1.165) is 50.0 Å². The molecule has 2 aliphatic carbocycles. The van der Waals surface area contributed by atoms with Crippen LogP contribution in [-0.4, -0.2) is 41.3 Å². The molecule has 3 fully saturated rings. The van der Waals surface area contributed by atoms with Crippen molar-refractivity contribution in [2.45, 2.75) is 50.4 Å². The number of carbonyl (C=O) groups is 2. The van der Waals surface area contributed by atoms with Gasteiger partial charge in [0.05, 0.1) is 23.6 Å².